The SMILES string of the molecule is COC(=O)c1cnc(NC2CCN(Cc3ccc(Cl)c(Cl)c3)CC2)c([N+](=O)[O-])c1. The normalized spacial score (nSPS) is 15.1. The third-order valence-corrected chi connectivity index (χ3v) is 5.54. The van der Waals surface area contributed by atoms with E-state index < -0.39 is 10.9 Å². The number of rotatable bonds is 6. The first-order valence-corrected chi connectivity index (χ1v) is 9.78. The predicted octanol–water partition coefficient (Wildman–Crippen LogP) is 4.16. The number of carbonyl (C=O) groups is 1. The van der Waals surface area contributed by atoms with Crippen molar-refractivity contribution in [3.05, 3.63) is 61.7 Å². The largest absolute Gasteiger partial charge is 0.465 e. The number of nitrogens with zero attached hydrogens (tertiary/aromatic N) is 3. The molecule has 29 heavy (non-hydrogen) atoms. The fraction of sp³-hybridized carbons (Fsp3) is 0.368. The van der Waals surface area contributed by atoms with Crippen LogP contribution in [0.25, 0.3) is 0 Å². The Morgan fingerprint density at radius 2 is 2.03 bits per heavy atom. The molecule has 0 unspecified atom stereocenters. The number of nitrogens with one attached hydrogen (secondary N) is 1. The summed E-state index contributed by atoms with van der Waals surface area (Å²) < 4.78 is 4.59. The molecule has 1 aliphatic heterocycles. The molecule has 8 nitrogen and oxygen atoms in total. The van der Waals surface area contributed by atoms with Gasteiger partial charge in [-0.3, -0.25) is 15.0 Å². The molecule has 1 N–H and O–H groups in total. The van der Waals surface area contributed by atoms with Crippen LogP contribution in [-0.4, -0.2) is 47.0 Å². The summed E-state index contributed by atoms with van der Waals surface area (Å²) in [5.74, 6) is -0.506. The van der Waals surface area contributed by atoms with Crippen molar-refractivity contribution in [3.63, 3.8) is 0 Å². The summed E-state index contributed by atoms with van der Waals surface area (Å²) >= 11 is 12.0. The van der Waals surface area contributed by atoms with Gasteiger partial charge in [0.2, 0.25) is 5.82 Å². The molecule has 1 fully saturated rings. The van der Waals surface area contributed by atoms with E-state index in [-0.39, 0.29) is 23.1 Å². The minimum Gasteiger partial charge on any atom is -0.465 e. The summed E-state index contributed by atoms with van der Waals surface area (Å²) in [5, 5.41) is 15.6. The van der Waals surface area contributed by atoms with Gasteiger partial charge in [0.15, 0.2) is 0 Å². The Balaban J connectivity index is 1.61. The van der Waals surface area contributed by atoms with Crippen molar-refractivity contribution in [2.75, 3.05) is 25.5 Å². The average Bonchev–Trinajstić information content (AvgIpc) is 2.71. The van der Waals surface area contributed by atoms with Gasteiger partial charge in [-0.1, -0.05) is 29.3 Å². The molecule has 1 saturated heterocycles. The quantitative estimate of drug-likeness (QED) is 0.410. The Kier molecular flexibility index (Phi) is 6.89. The first kappa shape index (κ1) is 21.3. The smallest absolute Gasteiger partial charge is 0.339 e. The van der Waals surface area contributed by atoms with Crippen LogP contribution in [0.15, 0.2) is 30.5 Å². The highest BCUT2D eigenvalue weighted by molar-refractivity contribution is 6.42. The van der Waals surface area contributed by atoms with Crippen LogP contribution in [0.1, 0.15) is 28.8 Å². The van der Waals surface area contributed by atoms with Gasteiger partial charge in [-0.25, -0.2) is 9.78 Å². The third kappa shape index (κ3) is 5.35. The monoisotopic (exact) mass is 438 g/mol. The maximum atomic E-state index is 11.6. The molecule has 3 rings (SSSR count). The average molecular weight is 439 g/mol. The summed E-state index contributed by atoms with van der Waals surface area (Å²) in [6, 6.07) is 6.84. The molecule has 1 aromatic heterocycles. The zero-order valence-electron chi connectivity index (χ0n) is 15.7. The van der Waals surface area contributed by atoms with E-state index in [1.165, 1.54) is 19.4 Å². The lowest BCUT2D eigenvalue weighted by Gasteiger charge is -2.32. The van der Waals surface area contributed by atoms with Crippen molar-refractivity contribution in [2.24, 2.45) is 0 Å². The molecule has 1 aliphatic rings. The van der Waals surface area contributed by atoms with E-state index >= 15 is 0 Å². The lowest BCUT2D eigenvalue weighted by molar-refractivity contribution is -0.384. The molecule has 10 heteroatoms. The van der Waals surface area contributed by atoms with Crippen LogP contribution in [0.2, 0.25) is 10.0 Å². The Bertz CT molecular complexity index is 917. The van der Waals surface area contributed by atoms with Gasteiger partial charge in [0.05, 0.1) is 27.6 Å². The number of esters is 1. The maximum Gasteiger partial charge on any atom is 0.339 e. The molecule has 154 valence electrons. The van der Waals surface area contributed by atoms with Crippen LogP contribution >= 0.6 is 23.2 Å². The molecule has 0 atom stereocenters. The number of nitro groups is 1. The highest BCUT2D eigenvalue weighted by atomic mass is 35.5. The van der Waals surface area contributed by atoms with E-state index in [1.54, 1.807) is 6.07 Å². The minimum absolute atomic E-state index is 0.0428. The van der Waals surface area contributed by atoms with Crippen LogP contribution in [0.5, 0.6) is 0 Å². The number of benzene rings is 1. The predicted molar refractivity (Wildman–Crippen MR) is 111 cm³/mol. The molecule has 0 spiro atoms. The summed E-state index contributed by atoms with van der Waals surface area (Å²) in [7, 11) is 1.21. The van der Waals surface area contributed by atoms with E-state index in [9.17, 15) is 14.9 Å². The van der Waals surface area contributed by atoms with Gasteiger partial charge in [0.1, 0.15) is 0 Å². The Labute approximate surface area is 177 Å². The Hall–Kier alpha value is -2.42. The van der Waals surface area contributed by atoms with Crippen molar-refractivity contribution in [1.82, 2.24) is 9.88 Å². The standard InChI is InChI=1S/C19H20Cl2N4O4/c1-29-19(26)13-9-17(25(27)28)18(22-10-13)23-14-4-6-24(7-5-14)11-12-2-3-15(20)16(21)8-12/h2-3,8-10,14H,4-7,11H2,1H3,(H,22,23). The van der Waals surface area contributed by atoms with Gasteiger partial charge < -0.3 is 10.1 Å². The van der Waals surface area contributed by atoms with Gasteiger partial charge in [-0.05, 0) is 30.5 Å². The Morgan fingerprint density at radius 3 is 2.66 bits per heavy atom. The zero-order chi connectivity index (χ0) is 21.0. The first-order valence-electron chi connectivity index (χ1n) is 9.03. The molecule has 0 amide bonds. The fourth-order valence-electron chi connectivity index (χ4n) is 3.26. The number of likely N-dealkylation sites (tertiary alicyclic amines) is 1. The van der Waals surface area contributed by atoms with Crippen LogP contribution in [-0.2, 0) is 11.3 Å². The number of carbonyl (C=O) groups excluding carboxylic acids is 1. The summed E-state index contributed by atoms with van der Waals surface area (Å²) in [4.78, 5) is 28.8. The number of aromatic nitrogens is 1. The number of methoxy groups -OCH3 is 1. The molecule has 0 saturated carbocycles. The number of ether oxygens (including phenoxy) is 1. The van der Waals surface area contributed by atoms with Crippen LogP contribution in [0.4, 0.5) is 11.5 Å². The second-order valence-electron chi connectivity index (χ2n) is 6.78. The van der Waals surface area contributed by atoms with E-state index in [0.29, 0.717) is 10.0 Å². The molecule has 0 radical (unpaired) electrons. The van der Waals surface area contributed by atoms with E-state index in [4.69, 9.17) is 23.2 Å². The van der Waals surface area contributed by atoms with Crippen molar-refractivity contribution < 1.29 is 14.5 Å². The molecular weight excluding hydrogens is 419 g/mol. The highest BCUT2D eigenvalue weighted by Crippen LogP contribution is 2.27. The number of hydrogen-bond acceptors (Lipinski definition) is 7. The van der Waals surface area contributed by atoms with Crippen molar-refractivity contribution in [3.8, 4) is 0 Å². The van der Waals surface area contributed by atoms with E-state index in [2.05, 4.69) is 19.9 Å². The third-order valence-electron chi connectivity index (χ3n) is 4.80. The summed E-state index contributed by atoms with van der Waals surface area (Å²) in [6.07, 6.45) is 2.89. The van der Waals surface area contributed by atoms with Gasteiger partial charge in [0, 0.05) is 37.9 Å². The van der Waals surface area contributed by atoms with Gasteiger partial charge in [-0.15, -0.1) is 0 Å². The second kappa shape index (κ2) is 9.39. The molecule has 0 bridgehead atoms. The molecular formula is C19H20Cl2N4O4. The van der Waals surface area contributed by atoms with Gasteiger partial charge >= 0.3 is 11.7 Å². The molecule has 0 aliphatic carbocycles. The number of piperidine rings is 1. The molecule has 1 aromatic carbocycles. The first-order chi connectivity index (χ1) is 13.9. The lowest BCUT2D eigenvalue weighted by atomic mass is 10.0. The second-order valence-corrected chi connectivity index (χ2v) is 7.60. The van der Waals surface area contributed by atoms with E-state index in [0.717, 1.165) is 38.0 Å². The Morgan fingerprint density at radius 1 is 1.31 bits per heavy atom. The van der Waals surface area contributed by atoms with Crippen LogP contribution in [0, 0.1) is 10.1 Å². The van der Waals surface area contributed by atoms with Crippen molar-refractivity contribution in [1.29, 1.82) is 0 Å². The highest BCUT2D eigenvalue weighted by Gasteiger charge is 2.24. The van der Waals surface area contributed by atoms with Crippen LogP contribution < -0.4 is 5.32 Å². The van der Waals surface area contributed by atoms with Gasteiger partial charge in [-0.2, -0.15) is 0 Å². The molecule has 2 heterocycles. The van der Waals surface area contributed by atoms with E-state index in [1.807, 2.05) is 12.1 Å². The number of pyridine rings is 1. The molecule has 2 aromatic rings. The minimum atomic E-state index is -0.664. The number of halogens is 2. The van der Waals surface area contributed by atoms with Crippen LogP contribution in [0.3, 0.4) is 0 Å². The summed E-state index contributed by atoms with van der Waals surface area (Å²) in [6.45, 7) is 2.41. The maximum absolute atomic E-state index is 11.6. The zero-order valence-corrected chi connectivity index (χ0v) is 17.2. The summed E-state index contributed by atoms with van der Waals surface area (Å²) in [5.41, 5.74) is 0.883. The van der Waals surface area contributed by atoms with Crippen molar-refractivity contribution in [2.45, 2.75) is 25.4 Å². The number of hydrogen-bond donors (Lipinski definition) is 1. The fourth-order valence-corrected chi connectivity index (χ4v) is 3.58. The number of anilines is 1. The van der Waals surface area contributed by atoms with Crippen molar-refractivity contribution >= 4 is 40.7 Å². The topological polar surface area (TPSA) is 97.6 Å². The lowest BCUT2D eigenvalue weighted by Crippen LogP contribution is -2.38. The van der Waals surface area contributed by atoms with Gasteiger partial charge in [0.25, 0.3) is 0 Å².